The molecule has 0 spiro atoms. The fourth-order valence-electron chi connectivity index (χ4n) is 2.74. The van der Waals surface area contributed by atoms with Crippen LogP contribution >= 0.6 is 0 Å². The van der Waals surface area contributed by atoms with Gasteiger partial charge in [-0.15, -0.1) is 0 Å². The maximum Gasteiger partial charge on any atom is 0.0213 e. The molecule has 0 saturated heterocycles. The molecule has 1 fully saturated rings. The van der Waals surface area contributed by atoms with Gasteiger partial charge in [0.15, 0.2) is 0 Å². The first-order valence-electron chi connectivity index (χ1n) is 6.83. The third-order valence-corrected chi connectivity index (χ3v) is 3.73. The Labute approximate surface area is 95.0 Å². The van der Waals surface area contributed by atoms with Crippen LogP contribution in [0.5, 0.6) is 0 Å². The van der Waals surface area contributed by atoms with Crippen molar-refractivity contribution in [3.63, 3.8) is 0 Å². The Kier molecular flexibility index (Phi) is 7.03. The van der Waals surface area contributed by atoms with Crippen LogP contribution in [0.25, 0.3) is 0 Å². The Morgan fingerprint density at radius 3 is 2.53 bits per heavy atom. The van der Waals surface area contributed by atoms with Crippen molar-refractivity contribution in [2.75, 3.05) is 0 Å². The van der Waals surface area contributed by atoms with Crippen molar-refractivity contribution in [2.45, 2.75) is 77.2 Å². The standard InChI is InChI=1S/C13H28N2/c1-2-3-5-10-13(15-14)11-12-8-6-4-7-9-12/h12-13,15H,2-11,14H2,1H3. The molecule has 2 heteroatoms. The summed E-state index contributed by atoms with van der Waals surface area (Å²) in [7, 11) is 0. The van der Waals surface area contributed by atoms with E-state index in [4.69, 9.17) is 5.84 Å². The van der Waals surface area contributed by atoms with Gasteiger partial charge in [0.1, 0.15) is 0 Å². The quantitative estimate of drug-likeness (QED) is 0.386. The van der Waals surface area contributed by atoms with Crippen LogP contribution in [-0.4, -0.2) is 6.04 Å². The van der Waals surface area contributed by atoms with Gasteiger partial charge < -0.3 is 0 Å². The van der Waals surface area contributed by atoms with Crippen LogP contribution in [0.1, 0.15) is 71.1 Å². The summed E-state index contributed by atoms with van der Waals surface area (Å²) < 4.78 is 0. The topological polar surface area (TPSA) is 38.0 Å². The second kappa shape index (κ2) is 8.12. The van der Waals surface area contributed by atoms with E-state index in [1.54, 1.807) is 0 Å². The molecule has 1 aliphatic rings. The predicted molar refractivity (Wildman–Crippen MR) is 66.4 cm³/mol. The van der Waals surface area contributed by atoms with Gasteiger partial charge in [-0.2, -0.15) is 0 Å². The van der Waals surface area contributed by atoms with Crippen molar-refractivity contribution in [3.05, 3.63) is 0 Å². The van der Waals surface area contributed by atoms with Crippen LogP contribution in [0.4, 0.5) is 0 Å². The van der Waals surface area contributed by atoms with Crippen LogP contribution < -0.4 is 11.3 Å². The monoisotopic (exact) mass is 212 g/mol. The number of nitrogens with one attached hydrogen (secondary N) is 1. The van der Waals surface area contributed by atoms with Gasteiger partial charge in [0.05, 0.1) is 0 Å². The van der Waals surface area contributed by atoms with E-state index in [-0.39, 0.29) is 0 Å². The third kappa shape index (κ3) is 5.53. The molecule has 0 radical (unpaired) electrons. The zero-order chi connectivity index (χ0) is 10.9. The van der Waals surface area contributed by atoms with Gasteiger partial charge in [0.25, 0.3) is 0 Å². The molecule has 1 unspecified atom stereocenters. The van der Waals surface area contributed by atoms with E-state index in [1.165, 1.54) is 64.2 Å². The molecular formula is C13H28N2. The van der Waals surface area contributed by atoms with E-state index in [9.17, 15) is 0 Å². The second-order valence-corrected chi connectivity index (χ2v) is 5.10. The minimum atomic E-state index is 0.569. The van der Waals surface area contributed by atoms with Crippen molar-refractivity contribution in [3.8, 4) is 0 Å². The average molecular weight is 212 g/mol. The van der Waals surface area contributed by atoms with Crippen LogP contribution in [0.3, 0.4) is 0 Å². The van der Waals surface area contributed by atoms with Crippen molar-refractivity contribution in [1.82, 2.24) is 5.43 Å². The highest BCUT2D eigenvalue weighted by atomic mass is 15.2. The highest BCUT2D eigenvalue weighted by Gasteiger charge is 2.17. The van der Waals surface area contributed by atoms with Crippen LogP contribution in [0, 0.1) is 5.92 Å². The summed E-state index contributed by atoms with van der Waals surface area (Å²) in [5.74, 6) is 6.57. The summed E-state index contributed by atoms with van der Waals surface area (Å²) in [4.78, 5) is 0. The Hall–Kier alpha value is -0.0800. The van der Waals surface area contributed by atoms with Gasteiger partial charge in [-0.3, -0.25) is 11.3 Å². The van der Waals surface area contributed by atoms with Gasteiger partial charge in [0, 0.05) is 6.04 Å². The third-order valence-electron chi connectivity index (χ3n) is 3.73. The van der Waals surface area contributed by atoms with Crippen LogP contribution in [-0.2, 0) is 0 Å². The first-order valence-corrected chi connectivity index (χ1v) is 6.83. The molecule has 90 valence electrons. The van der Waals surface area contributed by atoms with Crippen molar-refractivity contribution in [2.24, 2.45) is 11.8 Å². The lowest BCUT2D eigenvalue weighted by atomic mass is 9.84. The van der Waals surface area contributed by atoms with Crippen molar-refractivity contribution >= 4 is 0 Å². The number of nitrogens with two attached hydrogens (primary N) is 1. The number of hydrogen-bond acceptors (Lipinski definition) is 2. The Balaban J connectivity index is 2.13. The average Bonchev–Trinajstić information content (AvgIpc) is 2.29. The molecule has 3 N–H and O–H groups in total. The SMILES string of the molecule is CCCCCC(CC1CCCCC1)NN. The molecule has 0 aliphatic heterocycles. The van der Waals surface area contributed by atoms with E-state index in [0.29, 0.717) is 6.04 Å². The molecule has 15 heavy (non-hydrogen) atoms. The number of rotatable bonds is 7. The lowest BCUT2D eigenvalue weighted by molar-refractivity contribution is 0.289. The van der Waals surface area contributed by atoms with Gasteiger partial charge >= 0.3 is 0 Å². The van der Waals surface area contributed by atoms with Gasteiger partial charge in [-0.25, -0.2) is 0 Å². The minimum Gasteiger partial charge on any atom is -0.271 e. The summed E-state index contributed by atoms with van der Waals surface area (Å²) in [6.45, 7) is 2.26. The largest absolute Gasteiger partial charge is 0.271 e. The summed E-state index contributed by atoms with van der Waals surface area (Å²) >= 11 is 0. The van der Waals surface area contributed by atoms with Gasteiger partial charge in [-0.1, -0.05) is 58.3 Å². The summed E-state index contributed by atoms with van der Waals surface area (Å²) in [6, 6.07) is 0.569. The van der Waals surface area contributed by atoms with Gasteiger partial charge in [0.2, 0.25) is 0 Å². The minimum absolute atomic E-state index is 0.569. The zero-order valence-corrected chi connectivity index (χ0v) is 10.3. The molecule has 1 rings (SSSR count). The van der Waals surface area contributed by atoms with Crippen LogP contribution in [0.15, 0.2) is 0 Å². The lowest BCUT2D eigenvalue weighted by Gasteiger charge is -2.26. The second-order valence-electron chi connectivity index (χ2n) is 5.10. The molecular weight excluding hydrogens is 184 g/mol. The van der Waals surface area contributed by atoms with E-state index >= 15 is 0 Å². The Morgan fingerprint density at radius 2 is 1.93 bits per heavy atom. The maximum absolute atomic E-state index is 5.62. The lowest BCUT2D eigenvalue weighted by Crippen LogP contribution is -2.36. The molecule has 0 heterocycles. The molecule has 1 aliphatic carbocycles. The Bertz CT molecular complexity index is 141. The highest BCUT2D eigenvalue weighted by Crippen LogP contribution is 2.28. The molecule has 1 saturated carbocycles. The highest BCUT2D eigenvalue weighted by molar-refractivity contribution is 4.73. The first-order chi connectivity index (χ1) is 7.36. The number of hydrogen-bond donors (Lipinski definition) is 2. The van der Waals surface area contributed by atoms with E-state index in [0.717, 1.165) is 5.92 Å². The van der Waals surface area contributed by atoms with E-state index in [1.807, 2.05) is 0 Å². The van der Waals surface area contributed by atoms with Crippen molar-refractivity contribution < 1.29 is 0 Å². The number of hydrazine groups is 1. The van der Waals surface area contributed by atoms with E-state index in [2.05, 4.69) is 12.3 Å². The first kappa shape index (κ1) is 13.0. The molecule has 2 nitrogen and oxygen atoms in total. The van der Waals surface area contributed by atoms with Crippen LogP contribution in [0.2, 0.25) is 0 Å². The predicted octanol–water partition coefficient (Wildman–Crippen LogP) is 3.37. The zero-order valence-electron chi connectivity index (χ0n) is 10.3. The molecule has 0 aromatic rings. The molecule has 0 aromatic heterocycles. The number of unbranched alkanes of at least 4 members (excludes halogenated alkanes) is 2. The smallest absolute Gasteiger partial charge is 0.0213 e. The molecule has 0 amide bonds. The normalized spacial score (nSPS) is 20.4. The summed E-state index contributed by atoms with van der Waals surface area (Å²) in [5, 5.41) is 0. The van der Waals surface area contributed by atoms with E-state index < -0.39 is 0 Å². The maximum atomic E-state index is 5.62. The van der Waals surface area contributed by atoms with Gasteiger partial charge in [-0.05, 0) is 18.8 Å². The fraction of sp³-hybridized carbons (Fsp3) is 1.00. The summed E-state index contributed by atoms with van der Waals surface area (Å²) in [6.07, 6.45) is 13.8. The Morgan fingerprint density at radius 1 is 1.20 bits per heavy atom. The molecule has 0 aromatic carbocycles. The van der Waals surface area contributed by atoms with Crippen molar-refractivity contribution in [1.29, 1.82) is 0 Å². The fourth-order valence-corrected chi connectivity index (χ4v) is 2.74. The molecule has 1 atom stereocenters. The molecule has 0 bridgehead atoms. The summed E-state index contributed by atoms with van der Waals surface area (Å²) in [5.41, 5.74) is 3.01.